The van der Waals surface area contributed by atoms with Crippen LogP contribution in [0.1, 0.15) is 29.9 Å². The fourth-order valence-electron chi connectivity index (χ4n) is 3.62. The van der Waals surface area contributed by atoms with Crippen molar-refractivity contribution in [2.24, 2.45) is 0 Å². The number of nitrogens with one attached hydrogen (secondary N) is 2. The van der Waals surface area contributed by atoms with Gasteiger partial charge in [-0.05, 0) is 22.3 Å². The van der Waals surface area contributed by atoms with Crippen LogP contribution in [-0.2, 0) is 14.3 Å². The monoisotopic (exact) mass is 450 g/mol. The highest BCUT2D eigenvalue weighted by molar-refractivity contribution is 5.89. The number of alkyl halides is 3. The molecule has 170 valence electrons. The quantitative estimate of drug-likeness (QED) is 0.572. The summed E-state index contributed by atoms with van der Waals surface area (Å²) in [5.74, 6) is -2.68. The summed E-state index contributed by atoms with van der Waals surface area (Å²) in [7, 11) is 0. The maximum absolute atomic E-state index is 12.3. The van der Waals surface area contributed by atoms with Crippen molar-refractivity contribution in [3.8, 4) is 11.1 Å². The largest absolute Gasteiger partial charge is 0.481 e. The van der Waals surface area contributed by atoms with Crippen LogP contribution in [0.5, 0.6) is 0 Å². The van der Waals surface area contributed by atoms with E-state index in [1.54, 1.807) is 0 Å². The number of carbonyl (C=O) groups is 3. The van der Waals surface area contributed by atoms with Crippen LogP contribution in [0.15, 0.2) is 48.5 Å². The molecule has 1 unspecified atom stereocenters. The van der Waals surface area contributed by atoms with Gasteiger partial charge in [0, 0.05) is 12.5 Å². The topological polar surface area (TPSA) is 105 Å². The third-order valence-corrected chi connectivity index (χ3v) is 5.04. The van der Waals surface area contributed by atoms with Gasteiger partial charge in [-0.1, -0.05) is 48.5 Å². The third kappa shape index (κ3) is 5.77. The van der Waals surface area contributed by atoms with E-state index in [1.165, 1.54) is 0 Å². The number of carboxylic acid groups (broad SMARTS) is 1. The van der Waals surface area contributed by atoms with Gasteiger partial charge in [0.25, 0.3) is 0 Å². The van der Waals surface area contributed by atoms with Crippen molar-refractivity contribution in [2.75, 3.05) is 13.2 Å². The van der Waals surface area contributed by atoms with E-state index >= 15 is 0 Å². The van der Waals surface area contributed by atoms with Crippen molar-refractivity contribution in [3.05, 3.63) is 59.7 Å². The number of carbonyl (C=O) groups excluding carboxylic acids is 2. The molecule has 0 saturated carbocycles. The van der Waals surface area contributed by atoms with Crippen molar-refractivity contribution < 1.29 is 37.4 Å². The van der Waals surface area contributed by atoms with E-state index in [0.717, 1.165) is 22.3 Å². The Hall–Kier alpha value is -3.56. The minimum Gasteiger partial charge on any atom is -0.481 e. The highest BCUT2D eigenvalue weighted by Gasteiger charge is 2.31. The minimum atomic E-state index is -4.48. The minimum absolute atomic E-state index is 0.0602. The van der Waals surface area contributed by atoms with Crippen molar-refractivity contribution in [1.29, 1.82) is 0 Å². The SMILES string of the molecule is O=C(O)CC(NC(=O)OCC1c2ccccc2-c2ccccc21)C(=O)NCCC(F)(F)F. The van der Waals surface area contributed by atoms with Gasteiger partial charge >= 0.3 is 18.2 Å². The van der Waals surface area contributed by atoms with Crippen LogP contribution in [0.4, 0.5) is 18.0 Å². The second-order valence-electron chi connectivity index (χ2n) is 7.28. The van der Waals surface area contributed by atoms with Crippen LogP contribution in [0, 0.1) is 0 Å². The van der Waals surface area contributed by atoms with E-state index < -0.39 is 49.6 Å². The summed E-state index contributed by atoms with van der Waals surface area (Å²) < 4.78 is 42.0. The highest BCUT2D eigenvalue weighted by Crippen LogP contribution is 2.44. The molecule has 0 aromatic heterocycles. The predicted molar refractivity (Wildman–Crippen MR) is 108 cm³/mol. The Morgan fingerprint density at radius 3 is 2.09 bits per heavy atom. The molecule has 1 aliphatic rings. The number of hydrogen-bond acceptors (Lipinski definition) is 4. The Labute approximate surface area is 181 Å². The molecule has 3 N–H and O–H groups in total. The molecular weight excluding hydrogens is 429 g/mol. The molecule has 2 amide bonds. The zero-order valence-electron chi connectivity index (χ0n) is 16.8. The molecule has 1 atom stereocenters. The first kappa shape index (κ1) is 23.1. The van der Waals surface area contributed by atoms with Gasteiger partial charge in [0.15, 0.2) is 0 Å². The molecular formula is C22H21F3N2O5. The van der Waals surface area contributed by atoms with Crippen molar-refractivity contribution in [2.45, 2.75) is 31.0 Å². The standard InChI is InChI=1S/C22H21F3N2O5/c23-22(24,25)9-10-26-20(30)18(11-19(28)29)27-21(31)32-12-17-15-7-3-1-5-13(15)14-6-2-4-8-16(14)17/h1-8,17-18H,9-12H2,(H,26,30)(H,27,31)(H,28,29). The number of hydrogen-bond donors (Lipinski definition) is 3. The number of alkyl carbamates (subject to hydrolysis) is 1. The van der Waals surface area contributed by atoms with E-state index in [9.17, 15) is 27.6 Å². The molecule has 0 fully saturated rings. The zero-order chi connectivity index (χ0) is 23.3. The normalized spacial score (nSPS) is 13.6. The van der Waals surface area contributed by atoms with Crippen LogP contribution in [0.25, 0.3) is 11.1 Å². The fraction of sp³-hybridized carbons (Fsp3) is 0.318. The molecule has 2 aromatic rings. The lowest BCUT2D eigenvalue weighted by Crippen LogP contribution is -2.48. The third-order valence-electron chi connectivity index (χ3n) is 5.04. The van der Waals surface area contributed by atoms with Crippen LogP contribution in [-0.4, -0.2) is 48.4 Å². The zero-order valence-corrected chi connectivity index (χ0v) is 16.8. The van der Waals surface area contributed by atoms with Crippen molar-refractivity contribution >= 4 is 18.0 Å². The molecule has 0 heterocycles. The Morgan fingerprint density at radius 1 is 1.00 bits per heavy atom. The average Bonchev–Trinajstić information content (AvgIpc) is 3.04. The summed E-state index contributed by atoms with van der Waals surface area (Å²) in [5, 5.41) is 13.1. The van der Waals surface area contributed by atoms with E-state index in [2.05, 4.69) is 5.32 Å². The van der Waals surface area contributed by atoms with Gasteiger partial charge in [0.05, 0.1) is 12.8 Å². The van der Waals surface area contributed by atoms with Crippen molar-refractivity contribution in [3.63, 3.8) is 0 Å². The van der Waals surface area contributed by atoms with Gasteiger partial charge < -0.3 is 20.5 Å². The molecule has 32 heavy (non-hydrogen) atoms. The average molecular weight is 450 g/mol. The molecule has 0 saturated heterocycles. The molecule has 1 aliphatic carbocycles. The second-order valence-corrected chi connectivity index (χ2v) is 7.28. The number of ether oxygens (including phenoxy) is 1. The summed E-state index contributed by atoms with van der Waals surface area (Å²) in [6.07, 6.45) is -7.59. The number of aliphatic carboxylic acids is 1. The van der Waals surface area contributed by atoms with Crippen LogP contribution >= 0.6 is 0 Å². The van der Waals surface area contributed by atoms with Gasteiger partial charge in [-0.15, -0.1) is 0 Å². The highest BCUT2D eigenvalue weighted by atomic mass is 19.4. The Balaban J connectivity index is 1.62. The molecule has 0 bridgehead atoms. The van der Waals surface area contributed by atoms with E-state index in [4.69, 9.17) is 9.84 Å². The van der Waals surface area contributed by atoms with Crippen LogP contribution in [0.2, 0.25) is 0 Å². The lowest BCUT2D eigenvalue weighted by atomic mass is 9.98. The Kier molecular flexibility index (Phi) is 7.01. The summed E-state index contributed by atoms with van der Waals surface area (Å²) >= 11 is 0. The van der Waals surface area contributed by atoms with Crippen LogP contribution < -0.4 is 10.6 Å². The van der Waals surface area contributed by atoms with Gasteiger partial charge in [-0.3, -0.25) is 9.59 Å². The van der Waals surface area contributed by atoms with Gasteiger partial charge in [0.2, 0.25) is 5.91 Å². The Morgan fingerprint density at radius 2 is 1.56 bits per heavy atom. The van der Waals surface area contributed by atoms with E-state index in [-0.39, 0.29) is 12.5 Å². The van der Waals surface area contributed by atoms with Gasteiger partial charge in [-0.2, -0.15) is 13.2 Å². The second kappa shape index (κ2) is 9.71. The number of rotatable bonds is 8. The van der Waals surface area contributed by atoms with Gasteiger partial charge in [-0.25, -0.2) is 4.79 Å². The summed E-state index contributed by atoms with van der Waals surface area (Å²) in [6.45, 7) is -0.792. The molecule has 0 radical (unpaired) electrons. The maximum atomic E-state index is 12.3. The van der Waals surface area contributed by atoms with Crippen LogP contribution in [0.3, 0.4) is 0 Å². The van der Waals surface area contributed by atoms with Crippen molar-refractivity contribution in [1.82, 2.24) is 10.6 Å². The molecule has 7 nitrogen and oxygen atoms in total. The number of carboxylic acids is 1. The number of halogens is 3. The lowest BCUT2D eigenvalue weighted by molar-refractivity contribution is -0.141. The maximum Gasteiger partial charge on any atom is 0.407 e. The molecule has 0 aliphatic heterocycles. The number of fused-ring (bicyclic) bond motifs is 3. The first-order chi connectivity index (χ1) is 15.2. The lowest BCUT2D eigenvalue weighted by Gasteiger charge is -2.19. The van der Waals surface area contributed by atoms with Gasteiger partial charge in [0.1, 0.15) is 12.6 Å². The summed E-state index contributed by atoms with van der Waals surface area (Å²) in [6, 6.07) is 13.7. The smallest absolute Gasteiger partial charge is 0.407 e. The predicted octanol–water partition coefficient (Wildman–Crippen LogP) is 3.44. The summed E-state index contributed by atoms with van der Waals surface area (Å²) in [4.78, 5) is 35.4. The molecule has 2 aromatic carbocycles. The molecule has 3 rings (SSSR count). The first-order valence-electron chi connectivity index (χ1n) is 9.83. The molecule has 10 heteroatoms. The Bertz CT molecular complexity index is 964. The number of benzene rings is 2. The fourth-order valence-corrected chi connectivity index (χ4v) is 3.62. The molecule has 0 spiro atoms. The van der Waals surface area contributed by atoms with E-state index in [1.807, 2.05) is 53.8 Å². The van der Waals surface area contributed by atoms with E-state index in [0.29, 0.717) is 0 Å². The number of amides is 2. The summed E-state index contributed by atoms with van der Waals surface area (Å²) in [5.41, 5.74) is 3.97. The first-order valence-corrected chi connectivity index (χ1v) is 9.83.